The van der Waals surface area contributed by atoms with E-state index in [4.69, 9.17) is 42.7 Å². The van der Waals surface area contributed by atoms with Gasteiger partial charge >= 0.3 is 0 Å². The van der Waals surface area contributed by atoms with Gasteiger partial charge in [-0.3, -0.25) is 9.98 Å². The zero-order valence-electron chi connectivity index (χ0n) is 21.3. The molecule has 1 aromatic heterocycles. The van der Waals surface area contributed by atoms with Gasteiger partial charge in [0.1, 0.15) is 0 Å². The van der Waals surface area contributed by atoms with Crippen LogP contribution in [-0.2, 0) is 9.47 Å². The molecule has 5 rings (SSSR count). The molecular weight excluding hydrogens is 521 g/mol. The summed E-state index contributed by atoms with van der Waals surface area (Å²) in [6.07, 6.45) is 1.77. The summed E-state index contributed by atoms with van der Waals surface area (Å²) in [6.45, 7) is 2.79. The molecule has 0 saturated carbocycles. The van der Waals surface area contributed by atoms with Gasteiger partial charge in [-0.2, -0.15) is 0 Å². The van der Waals surface area contributed by atoms with E-state index in [1.54, 1.807) is 26.5 Å². The monoisotopic (exact) mass is 547 g/mol. The molecule has 2 heterocycles. The number of halogens is 2. The topological polar surface area (TPSA) is 73.6 Å². The maximum Gasteiger partial charge on any atom is 0.0973 e. The summed E-state index contributed by atoms with van der Waals surface area (Å²) in [7, 11) is 3.32. The van der Waals surface area contributed by atoms with E-state index in [0.717, 1.165) is 50.5 Å². The van der Waals surface area contributed by atoms with Crippen LogP contribution in [0.1, 0.15) is 5.69 Å². The second-order valence-electron chi connectivity index (χ2n) is 8.85. The smallest absolute Gasteiger partial charge is 0.0973 e. The van der Waals surface area contributed by atoms with Crippen molar-refractivity contribution in [1.29, 1.82) is 0 Å². The lowest BCUT2D eigenvalue weighted by Gasteiger charge is -2.21. The van der Waals surface area contributed by atoms with E-state index >= 15 is 0 Å². The third-order valence-corrected chi connectivity index (χ3v) is 6.91. The number of hydrogen-bond donors (Lipinski definition) is 1. The number of fused-ring (bicyclic) bond motifs is 2. The molecule has 0 atom stereocenters. The molecule has 38 heavy (non-hydrogen) atoms. The van der Waals surface area contributed by atoms with Crippen LogP contribution >= 0.6 is 23.2 Å². The van der Waals surface area contributed by atoms with E-state index in [9.17, 15) is 0 Å². The number of rotatable bonds is 8. The standard InChI is InChI=1S/C29H27Cl2N5O2/c1-18-23(8-6-12-32-18)34-25-14-27-29(15-26(25)33-19(16-37-2)17-38-3)36(20-10-11-21(30)22(31)13-20)28-9-5-4-7-24(28)35-27/h4-15,19,34H,16-17H2,1-3H3/b33-26+. The Hall–Kier alpha value is -3.49. The lowest BCUT2D eigenvalue weighted by atomic mass is 10.1. The molecule has 7 nitrogen and oxygen atoms in total. The number of benzene rings is 3. The molecule has 1 aliphatic carbocycles. The number of ether oxygens (including phenoxy) is 2. The van der Waals surface area contributed by atoms with Gasteiger partial charge in [-0.1, -0.05) is 35.3 Å². The van der Waals surface area contributed by atoms with Gasteiger partial charge in [-0.25, -0.2) is 4.98 Å². The van der Waals surface area contributed by atoms with Crippen LogP contribution in [0.5, 0.6) is 0 Å². The van der Waals surface area contributed by atoms with Crippen molar-refractivity contribution in [2.45, 2.75) is 13.0 Å². The average Bonchev–Trinajstić information content (AvgIpc) is 2.91. The Kier molecular flexibility index (Phi) is 7.90. The highest BCUT2D eigenvalue weighted by atomic mass is 35.5. The van der Waals surface area contributed by atoms with Crippen molar-refractivity contribution in [2.24, 2.45) is 4.99 Å². The minimum absolute atomic E-state index is 0.204. The van der Waals surface area contributed by atoms with Crippen LogP contribution in [0.25, 0.3) is 28.1 Å². The third-order valence-electron chi connectivity index (χ3n) is 6.17. The number of anilines is 2. The first-order valence-electron chi connectivity index (χ1n) is 12.1. The van der Waals surface area contributed by atoms with Crippen LogP contribution in [0, 0.1) is 6.92 Å². The summed E-state index contributed by atoms with van der Waals surface area (Å²) in [6, 6.07) is 21.3. The normalized spacial score (nSPS) is 12.1. The molecule has 3 aromatic rings. The molecule has 0 amide bonds. The Morgan fingerprint density at radius 3 is 2.45 bits per heavy atom. The third kappa shape index (κ3) is 5.37. The van der Waals surface area contributed by atoms with Crippen LogP contribution < -0.4 is 10.7 Å². The highest BCUT2D eigenvalue weighted by Crippen LogP contribution is 2.33. The number of nitrogens with one attached hydrogen (secondary N) is 1. The van der Waals surface area contributed by atoms with Crippen molar-refractivity contribution in [1.82, 2.24) is 14.5 Å². The summed E-state index contributed by atoms with van der Waals surface area (Å²) >= 11 is 12.7. The molecule has 0 saturated heterocycles. The molecule has 0 radical (unpaired) electrons. The van der Waals surface area contributed by atoms with Crippen LogP contribution in [0.15, 0.2) is 77.9 Å². The second kappa shape index (κ2) is 11.5. The Labute approximate surface area is 231 Å². The Balaban J connectivity index is 1.83. The Bertz CT molecular complexity index is 1630. The number of hydrogen-bond acceptors (Lipinski definition) is 6. The summed E-state index contributed by atoms with van der Waals surface area (Å²) in [4.78, 5) is 14.5. The van der Waals surface area contributed by atoms with Gasteiger partial charge < -0.3 is 19.4 Å². The Morgan fingerprint density at radius 2 is 1.71 bits per heavy atom. The molecule has 2 aromatic carbocycles. The van der Waals surface area contributed by atoms with Gasteiger partial charge in [0.25, 0.3) is 0 Å². The molecule has 0 fully saturated rings. The summed E-state index contributed by atoms with van der Waals surface area (Å²) in [5.74, 6) is 0. The first-order chi connectivity index (χ1) is 18.5. The fourth-order valence-electron chi connectivity index (χ4n) is 4.42. The van der Waals surface area contributed by atoms with Gasteiger partial charge in [0.15, 0.2) is 0 Å². The number of nitrogens with zero attached hydrogens (tertiary/aromatic N) is 4. The number of para-hydroxylation sites is 2. The van der Waals surface area contributed by atoms with Crippen molar-refractivity contribution >= 4 is 45.6 Å². The molecule has 2 aliphatic rings. The van der Waals surface area contributed by atoms with Gasteiger partial charge in [0, 0.05) is 26.1 Å². The predicted octanol–water partition coefficient (Wildman–Crippen LogP) is 6.45. The van der Waals surface area contributed by atoms with Crippen molar-refractivity contribution < 1.29 is 9.47 Å². The molecular formula is C29H27Cl2N5O2. The fourth-order valence-corrected chi connectivity index (χ4v) is 4.71. The Morgan fingerprint density at radius 1 is 0.921 bits per heavy atom. The zero-order valence-corrected chi connectivity index (χ0v) is 22.8. The average molecular weight is 548 g/mol. The molecule has 9 heteroatoms. The first-order valence-corrected chi connectivity index (χ1v) is 12.9. The maximum atomic E-state index is 6.44. The fraction of sp³-hybridized carbons (Fsp3) is 0.207. The number of pyridine rings is 1. The molecule has 0 unspecified atom stereocenters. The number of aromatic nitrogens is 3. The zero-order chi connectivity index (χ0) is 26.6. The maximum absolute atomic E-state index is 6.44. The van der Waals surface area contributed by atoms with Crippen LogP contribution in [0.2, 0.25) is 10.0 Å². The number of aryl methyl sites for hydroxylation is 1. The lowest BCUT2D eigenvalue weighted by molar-refractivity contribution is 0.118. The van der Waals surface area contributed by atoms with Crippen molar-refractivity contribution in [3.63, 3.8) is 0 Å². The largest absolute Gasteiger partial charge is 0.382 e. The highest BCUT2D eigenvalue weighted by molar-refractivity contribution is 6.42. The van der Waals surface area contributed by atoms with Gasteiger partial charge in [0.05, 0.1) is 74.1 Å². The number of methoxy groups -OCH3 is 2. The van der Waals surface area contributed by atoms with Crippen molar-refractivity contribution in [3.8, 4) is 17.1 Å². The van der Waals surface area contributed by atoms with E-state index in [0.29, 0.717) is 23.3 Å². The molecule has 1 N–H and O–H groups in total. The highest BCUT2D eigenvalue weighted by Gasteiger charge is 2.18. The minimum atomic E-state index is -0.204. The van der Waals surface area contributed by atoms with Crippen molar-refractivity contribution in [3.05, 3.63) is 94.0 Å². The molecule has 1 aliphatic heterocycles. The van der Waals surface area contributed by atoms with Gasteiger partial charge in [0.2, 0.25) is 0 Å². The molecule has 194 valence electrons. The van der Waals surface area contributed by atoms with Crippen molar-refractivity contribution in [2.75, 3.05) is 32.8 Å². The van der Waals surface area contributed by atoms with E-state index in [1.165, 1.54) is 0 Å². The van der Waals surface area contributed by atoms with E-state index in [2.05, 4.69) is 14.9 Å². The van der Waals surface area contributed by atoms with Crippen LogP contribution in [0.3, 0.4) is 0 Å². The molecule has 0 spiro atoms. The quantitative estimate of drug-likeness (QED) is 0.226. The van der Waals surface area contributed by atoms with Crippen LogP contribution in [-0.4, -0.2) is 48.0 Å². The minimum Gasteiger partial charge on any atom is -0.382 e. The van der Waals surface area contributed by atoms with Gasteiger partial charge in [-0.05, 0) is 61.5 Å². The second-order valence-corrected chi connectivity index (χ2v) is 9.66. The van der Waals surface area contributed by atoms with Gasteiger partial charge in [-0.15, -0.1) is 0 Å². The van der Waals surface area contributed by atoms with E-state index < -0.39 is 0 Å². The summed E-state index contributed by atoms with van der Waals surface area (Å²) in [5.41, 5.74) is 6.85. The van der Waals surface area contributed by atoms with E-state index in [1.807, 2.05) is 67.6 Å². The SMILES string of the molecule is COCC(COC)/N=c1\cc2n(-c3ccc(Cl)c(Cl)c3)c3ccccc3nc-2cc1Nc1cccnc1C. The summed E-state index contributed by atoms with van der Waals surface area (Å²) < 4.78 is 13.0. The lowest BCUT2D eigenvalue weighted by Crippen LogP contribution is -2.24. The first kappa shape index (κ1) is 26.1. The van der Waals surface area contributed by atoms with Crippen LogP contribution in [0.4, 0.5) is 11.4 Å². The van der Waals surface area contributed by atoms with E-state index in [-0.39, 0.29) is 6.04 Å². The summed E-state index contributed by atoms with van der Waals surface area (Å²) in [5, 5.41) is 5.23. The predicted molar refractivity (Wildman–Crippen MR) is 153 cm³/mol. The molecule has 0 bridgehead atoms.